The van der Waals surface area contributed by atoms with E-state index >= 15 is 0 Å². The molecule has 0 saturated heterocycles. The molecule has 92 valence electrons. The van der Waals surface area contributed by atoms with E-state index in [0.717, 1.165) is 17.9 Å². The van der Waals surface area contributed by atoms with Crippen molar-refractivity contribution in [2.24, 2.45) is 11.8 Å². The highest BCUT2D eigenvalue weighted by Gasteiger charge is 2.49. The number of rotatable bonds is 3. The molecule has 0 spiro atoms. The van der Waals surface area contributed by atoms with E-state index in [4.69, 9.17) is 0 Å². The van der Waals surface area contributed by atoms with Crippen LogP contribution in [0.4, 0.5) is 0 Å². The zero-order chi connectivity index (χ0) is 12.0. The molecule has 3 nitrogen and oxygen atoms in total. The molecule has 2 aliphatic rings. The third-order valence-electron chi connectivity index (χ3n) is 3.98. The maximum Gasteiger partial charge on any atom is 0.240 e. The lowest BCUT2D eigenvalue weighted by Crippen LogP contribution is -2.34. The summed E-state index contributed by atoms with van der Waals surface area (Å²) in [7, 11) is -3.32. The summed E-state index contributed by atoms with van der Waals surface area (Å²) in [6, 6.07) is 7.20. The number of fused-ring (bicyclic) bond motifs is 1. The van der Waals surface area contributed by atoms with E-state index < -0.39 is 10.0 Å². The van der Waals surface area contributed by atoms with Gasteiger partial charge in [-0.3, -0.25) is 0 Å². The van der Waals surface area contributed by atoms with E-state index in [0.29, 0.717) is 10.8 Å². The Morgan fingerprint density at radius 3 is 2.41 bits per heavy atom. The molecule has 4 heteroatoms. The van der Waals surface area contributed by atoms with E-state index in [1.54, 1.807) is 12.1 Å². The first-order chi connectivity index (χ1) is 8.06. The first kappa shape index (κ1) is 11.2. The van der Waals surface area contributed by atoms with Gasteiger partial charge in [0, 0.05) is 6.04 Å². The standard InChI is InChI=1S/C13H17NO2S/c1-9-2-5-11(6-3-9)17(15,16)14-13-7-4-10-8-12(10)13/h2-3,5-6,10,12-14H,4,7-8H2,1H3/t10-,12+,13+/m0/s1. The first-order valence-corrected chi connectivity index (χ1v) is 7.63. The molecule has 3 rings (SSSR count). The van der Waals surface area contributed by atoms with Crippen LogP contribution in [0.15, 0.2) is 29.2 Å². The SMILES string of the molecule is Cc1ccc(S(=O)(=O)N[C@@H]2CC[C@H]3C[C@H]32)cc1. The lowest BCUT2D eigenvalue weighted by Gasteiger charge is -2.14. The minimum Gasteiger partial charge on any atom is -0.208 e. The zero-order valence-corrected chi connectivity index (χ0v) is 10.7. The Morgan fingerprint density at radius 1 is 1.18 bits per heavy atom. The van der Waals surface area contributed by atoms with E-state index in [2.05, 4.69) is 4.72 Å². The molecule has 0 radical (unpaired) electrons. The summed E-state index contributed by atoms with van der Waals surface area (Å²) < 4.78 is 27.2. The van der Waals surface area contributed by atoms with Gasteiger partial charge in [0.05, 0.1) is 4.90 Å². The molecular formula is C13H17NO2S. The van der Waals surface area contributed by atoms with Gasteiger partial charge in [-0.25, -0.2) is 13.1 Å². The second kappa shape index (κ2) is 3.82. The summed E-state index contributed by atoms with van der Waals surface area (Å²) in [5.41, 5.74) is 1.08. The zero-order valence-electron chi connectivity index (χ0n) is 9.89. The van der Waals surface area contributed by atoms with Gasteiger partial charge >= 0.3 is 0 Å². The van der Waals surface area contributed by atoms with E-state index in [1.165, 1.54) is 12.8 Å². The van der Waals surface area contributed by atoms with Gasteiger partial charge in [-0.1, -0.05) is 17.7 Å². The first-order valence-electron chi connectivity index (χ1n) is 6.15. The van der Waals surface area contributed by atoms with Crippen molar-refractivity contribution in [1.82, 2.24) is 4.72 Å². The number of sulfonamides is 1. The van der Waals surface area contributed by atoms with E-state index in [1.807, 2.05) is 19.1 Å². The molecule has 0 amide bonds. The summed E-state index contributed by atoms with van der Waals surface area (Å²) in [5, 5.41) is 0. The lowest BCUT2D eigenvalue weighted by molar-refractivity contribution is 0.523. The quantitative estimate of drug-likeness (QED) is 0.894. The summed E-state index contributed by atoms with van der Waals surface area (Å²) in [4.78, 5) is 0.382. The molecule has 2 saturated carbocycles. The smallest absolute Gasteiger partial charge is 0.208 e. The Balaban J connectivity index is 1.78. The van der Waals surface area contributed by atoms with Crippen LogP contribution in [0.5, 0.6) is 0 Å². The maximum absolute atomic E-state index is 12.2. The Bertz CT molecular complexity index is 521. The van der Waals surface area contributed by atoms with Crippen molar-refractivity contribution in [3.05, 3.63) is 29.8 Å². The normalized spacial score (nSPS) is 31.2. The van der Waals surface area contributed by atoms with Crippen molar-refractivity contribution < 1.29 is 8.42 Å². The van der Waals surface area contributed by atoms with Crippen LogP contribution in [0.3, 0.4) is 0 Å². The largest absolute Gasteiger partial charge is 0.240 e. The molecule has 1 aromatic rings. The molecule has 0 aliphatic heterocycles. The number of nitrogens with one attached hydrogen (secondary N) is 1. The third-order valence-corrected chi connectivity index (χ3v) is 5.49. The topological polar surface area (TPSA) is 46.2 Å². The molecule has 2 fully saturated rings. The molecule has 0 unspecified atom stereocenters. The van der Waals surface area contributed by atoms with Crippen LogP contribution in [0.1, 0.15) is 24.8 Å². The van der Waals surface area contributed by atoms with Crippen LogP contribution in [-0.2, 0) is 10.0 Å². The van der Waals surface area contributed by atoms with Gasteiger partial charge in [0.15, 0.2) is 0 Å². The fourth-order valence-corrected chi connectivity index (χ4v) is 4.16. The Labute approximate surface area is 102 Å². The Hall–Kier alpha value is -0.870. The number of benzene rings is 1. The fraction of sp³-hybridized carbons (Fsp3) is 0.538. The van der Waals surface area contributed by atoms with Gasteiger partial charge < -0.3 is 0 Å². The number of hydrogen-bond donors (Lipinski definition) is 1. The second-order valence-electron chi connectivity index (χ2n) is 5.28. The van der Waals surface area contributed by atoms with Crippen molar-refractivity contribution in [3.8, 4) is 0 Å². The average molecular weight is 251 g/mol. The van der Waals surface area contributed by atoms with Gasteiger partial charge in [-0.15, -0.1) is 0 Å². The Kier molecular flexibility index (Phi) is 2.52. The molecule has 1 N–H and O–H groups in total. The minimum atomic E-state index is -3.32. The Morgan fingerprint density at radius 2 is 1.88 bits per heavy atom. The van der Waals surface area contributed by atoms with Crippen LogP contribution in [-0.4, -0.2) is 14.5 Å². The highest BCUT2D eigenvalue weighted by Crippen LogP contribution is 2.51. The van der Waals surface area contributed by atoms with E-state index in [-0.39, 0.29) is 6.04 Å². The predicted molar refractivity (Wildman–Crippen MR) is 66.1 cm³/mol. The van der Waals surface area contributed by atoms with Gasteiger partial charge in [0.1, 0.15) is 0 Å². The number of hydrogen-bond acceptors (Lipinski definition) is 2. The fourth-order valence-electron chi connectivity index (χ4n) is 2.83. The predicted octanol–water partition coefficient (Wildman–Crippen LogP) is 2.07. The number of aryl methyl sites for hydroxylation is 1. The maximum atomic E-state index is 12.2. The van der Waals surface area contributed by atoms with Crippen LogP contribution < -0.4 is 4.72 Å². The van der Waals surface area contributed by atoms with Gasteiger partial charge in [0.25, 0.3) is 0 Å². The van der Waals surface area contributed by atoms with Crippen LogP contribution in [0.2, 0.25) is 0 Å². The molecule has 3 atom stereocenters. The lowest BCUT2D eigenvalue weighted by atomic mass is 10.2. The minimum absolute atomic E-state index is 0.173. The molecule has 17 heavy (non-hydrogen) atoms. The van der Waals surface area contributed by atoms with Crippen LogP contribution in [0, 0.1) is 18.8 Å². The monoisotopic (exact) mass is 251 g/mol. The van der Waals surface area contributed by atoms with Crippen molar-refractivity contribution in [1.29, 1.82) is 0 Å². The molecule has 0 heterocycles. The molecule has 0 bridgehead atoms. The summed E-state index contributed by atoms with van der Waals surface area (Å²) in [5.74, 6) is 1.40. The summed E-state index contributed by atoms with van der Waals surface area (Å²) >= 11 is 0. The average Bonchev–Trinajstić information content (AvgIpc) is 2.96. The van der Waals surface area contributed by atoms with Crippen molar-refractivity contribution >= 4 is 10.0 Å². The van der Waals surface area contributed by atoms with Gasteiger partial charge in [-0.2, -0.15) is 0 Å². The molecule has 2 aliphatic carbocycles. The van der Waals surface area contributed by atoms with Gasteiger partial charge in [0.2, 0.25) is 10.0 Å². The van der Waals surface area contributed by atoms with Gasteiger partial charge in [-0.05, 0) is 50.2 Å². The van der Waals surface area contributed by atoms with Crippen LogP contribution in [0.25, 0.3) is 0 Å². The molecule has 1 aromatic carbocycles. The third kappa shape index (κ3) is 2.11. The van der Waals surface area contributed by atoms with E-state index in [9.17, 15) is 8.42 Å². The summed E-state index contributed by atoms with van der Waals surface area (Å²) in [6.45, 7) is 1.95. The highest BCUT2D eigenvalue weighted by atomic mass is 32.2. The molecule has 0 aromatic heterocycles. The second-order valence-corrected chi connectivity index (χ2v) is 6.99. The van der Waals surface area contributed by atoms with Crippen molar-refractivity contribution in [2.75, 3.05) is 0 Å². The van der Waals surface area contributed by atoms with Crippen molar-refractivity contribution in [3.63, 3.8) is 0 Å². The van der Waals surface area contributed by atoms with Crippen LogP contribution >= 0.6 is 0 Å². The van der Waals surface area contributed by atoms with Crippen molar-refractivity contribution in [2.45, 2.75) is 37.1 Å². The highest BCUT2D eigenvalue weighted by molar-refractivity contribution is 7.89. The summed E-state index contributed by atoms with van der Waals surface area (Å²) in [6.07, 6.45) is 3.40. The molecular weight excluding hydrogens is 234 g/mol.